The van der Waals surface area contributed by atoms with Gasteiger partial charge in [0.05, 0.1) is 0 Å². The third-order valence-corrected chi connectivity index (χ3v) is 10.3. The van der Waals surface area contributed by atoms with Crippen molar-refractivity contribution in [3.05, 3.63) is 234 Å². The predicted molar refractivity (Wildman–Crippen MR) is 208 cm³/mol. The summed E-state index contributed by atoms with van der Waals surface area (Å²) in [5.74, 6) is 7.82. The third-order valence-electron chi connectivity index (χ3n) is 10.3. The molecule has 1 nitrogen and oxygen atoms in total. The van der Waals surface area contributed by atoms with Gasteiger partial charge in [-0.25, -0.2) is 0 Å². The smallest absolute Gasteiger partial charge is 0.108 e. The number of para-hydroxylation sites is 2. The maximum atomic E-state index is 3.87. The molecule has 1 heteroatoms. The summed E-state index contributed by atoms with van der Waals surface area (Å²) in [6.45, 7) is 0. The predicted octanol–water partition coefficient (Wildman–Crippen LogP) is 11.5. The van der Waals surface area contributed by atoms with Crippen molar-refractivity contribution in [2.45, 2.75) is 5.41 Å². The molecule has 3 unspecified atom stereocenters. The molecule has 9 rings (SSSR count). The highest BCUT2D eigenvalue weighted by Gasteiger charge is 2.44. The lowest BCUT2D eigenvalue weighted by molar-refractivity contribution is 0.627. The Balaban J connectivity index is 1.23. The van der Waals surface area contributed by atoms with Crippen LogP contribution in [0.4, 0.5) is 11.4 Å². The van der Waals surface area contributed by atoms with E-state index in [1.807, 2.05) is 6.07 Å². The molecule has 0 aromatic heterocycles. The number of fused-ring (bicyclic) bond motifs is 4. The minimum Gasteiger partial charge on any atom is -0.314 e. The number of allylic oxidation sites excluding steroid dienone is 7. The molecule has 6 aromatic rings. The van der Waals surface area contributed by atoms with Gasteiger partial charge < -0.3 is 4.90 Å². The molecule has 0 fully saturated rings. The van der Waals surface area contributed by atoms with Gasteiger partial charge in [-0.1, -0.05) is 164 Å². The molecular formula is C49H35N. The molecule has 0 amide bonds. The van der Waals surface area contributed by atoms with Gasteiger partial charge in [-0.05, 0) is 87.5 Å². The zero-order valence-corrected chi connectivity index (χ0v) is 27.7. The van der Waals surface area contributed by atoms with Crippen LogP contribution in [0, 0.1) is 23.7 Å². The van der Waals surface area contributed by atoms with Crippen LogP contribution in [-0.2, 0) is 5.41 Å². The van der Waals surface area contributed by atoms with Gasteiger partial charge in [0.1, 0.15) is 5.41 Å². The third kappa shape index (κ3) is 4.97. The summed E-state index contributed by atoms with van der Waals surface area (Å²) in [6, 6.07) is 58.5. The fourth-order valence-electron chi connectivity index (χ4n) is 8.05. The van der Waals surface area contributed by atoms with Gasteiger partial charge in [0.25, 0.3) is 0 Å². The Labute approximate surface area is 294 Å². The van der Waals surface area contributed by atoms with E-state index in [2.05, 4.69) is 211 Å². The Morgan fingerprint density at radius 1 is 0.500 bits per heavy atom. The summed E-state index contributed by atoms with van der Waals surface area (Å²) in [4.78, 5) is 2.41. The van der Waals surface area contributed by atoms with Crippen molar-refractivity contribution in [3.8, 4) is 23.0 Å². The second-order valence-corrected chi connectivity index (χ2v) is 13.1. The van der Waals surface area contributed by atoms with Crippen LogP contribution in [0.1, 0.15) is 27.8 Å². The molecule has 3 aliphatic carbocycles. The van der Waals surface area contributed by atoms with Crippen LogP contribution >= 0.6 is 0 Å². The highest BCUT2D eigenvalue weighted by Crippen LogP contribution is 2.54. The number of hydrogen-bond donors (Lipinski definition) is 0. The first-order chi connectivity index (χ1) is 24.8. The van der Waals surface area contributed by atoms with Gasteiger partial charge >= 0.3 is 0 Å². The molecule has 3 aliphatic rings. The highest BCUT2D eigenvalue weighted by atomic mass is 15.2. The van der Waals surface area contributed by atoms with Gasteiger partial charge in [-0.3, -0.25) is 0 Å². The maximum absolute atomic E-state index is 3.87. The number of benzene rings is 6. The van der Waals surface area contributed by atoms with E-state index in [9.17, 15) is 0 Å². The normalized spacial score (nSPS) is 19.6. The zero-order valence-electron chi connectivity index (χ0n) is 27.7. The largest absolute Gasteiger partial charge is 0.314 e. The van der Waals surface area contributed by atoms with E-state index in [4.69, 9.17) is 0 Å². The average molecular weight is 638 g/mol. The molecule has 0 radical (unpaired) electrons. The summed E-state index contributed by atoms with van der Waals surface area (Å²) in [5.41, 5.74) is 12.7. The second kappa shape index (κ2) is 12.6. The van der Waals surface area contributed by atoms with Gasteiger partial charge in [0.15, 0.2) is 0 Å². The lowest BCUT2D eigenvalue weighted by atomic mass is 9.71. The second-order valence-electron chi connectivity index (χ2n) is 13.1. The van der Waals surface area contributed by atoms with Gasteiger partial charge in [0, 0.05) is 34.5 Å². The van der Waals surface area contributed by atoms with E-state index in [1.54, 1.807) is 0 Å². The number of nitrogens with zero attached hydrogens (tertiary/aromatic N) is 1. The molecule has 236 valence electrons. The monoisotopic (exact) mass is 637 g/mol. The van der Waals surface area contributed by atoms with Crippen molar-refractivity contribution >= 4 is 16.9 Å². The average Bonchev–Trinajstić information content (AvgIpc) is 3.48. The van der Waals surface area contributed by atoms with E-state index in [-0.39, 0.29) is 11.8 Å². The van der Waals surface area contributed by atoms with E-state index in [0.717, 1.165) is 16.9 Å². The summed E-state index contributed by atoms with van der Waals surface area (Å²) in [6.07, 6.45) is 13.8. The van der Waals surface area contributed by atoms with Crippen LogP contribution in [0.3, 0.4) is 0 Å². The molecule has 0 N–H and O–H groups in total. The lowest BCUT2D eigenvalue weighted by Crippen LogP contribution is -2.29. The molecule has 0 aliphatic heterocycles. The minimum atomic E-state index is -0.617. The van der Waals surface area contributed by atoms with Crippen LogP contribution in [0.25, 0.3) is 16.7 Å². The quantitative estimate of drug-likeness (QED) is 0.170. The first-order valence-electron chi connectivity index (χ1n) is 17.4. The number of rotatable bonds is 5. The minimum absolute atomic E-state index is 0.169. The van der Waals surface area contributed by atoms with Crippen LogP contribution in [0.5, 0.6) is 0 Å². The molecule has 0 saturated carbocycles. The molecule has 3 atom stereocenters. The Hall–Kier alpha value is -6.36. The summed E-state index contributed by atoms with van der Waals surface area (Å²) >= 11 is 0. The topological polar surface area (TPSA) is 3.24 Å². The number of hydrogen-bond acceptors (Lipinski definition) is 1. The van der Waals surface area contributed by atoms with Crippen molar-refractivity contribution in [1.82, 2.24) is 0 Å². The summed E-state index contributed by atoms with van der Waals surface area (Å²) < 4.78 is 0. The van der Waals surface area contributed by atoms with Gasteiger partial charge in [0.2, 0.25) is 0 Å². The fraction of sp³-hybridized carbons (Fsp3) is 0.0612. The van der Waals surface area contributed by atoms with Crippen LogP contribution in [-0.4, -0.2) is 0 Å². The van der Waals surface area contributed by atoms with Crippen molar-refractivity contribution in [2.24, 2.45) is 11.8 Å². The Morgan fingerprint density at radius 3 is 1.78 bits per heavy atom. The van der Waals surface area contributed by atoms with Crippen molar-refractivity contribution in [3.63, 3.8) is 0 Å². The van der Waals surface area contributed by atoms with E-state index >= 15 is 0 Å². The van der Waals surface area contributed by atoms with Crippen molar-refractivity contribution in [1.29, 1.82) is 0 Å². The first kappa shape index (κ1) is 29.8. The fourth-order valence-corrected chi connectivity index (χ4v) is 8.05. The summed E-state index contributed by atoms with van der Waals surface area (Å²) in [5, 5.41) is 0. The summed E-state index contributed by atoms with van der Waals surface area (Å²) in [7, 11) is 0. The molecule has 6 aromatic carbocycles. The lowest BCUT2D eigenvalue weighted by Gasteiger charge is -2.38. The molecule has 50 heavy (non-hydrogen) atoms. The first-order valence-corrected chi connectivity index (χ1v) is 17.4. The van der Waals surface area contributed by atoms with Crippen LogP contribution < -0.4 is 4.90 Å². The zero-order chi connectivity index (χ0) is 33.3. The van der Waals surface area contributed by atoms with Gasteiger partial charge in [-0.2, -0.15) is 0 Å². The number of anilines is 2. The molecule has 0 heterocycles. The van der Waals surface area contributed by atoms with E-state index < -0.39 is 5.41 Å². The van der Waals surface area contributed by atoms with Gasteiger partial charge in [-0.15, -0.1) is 0 Å². The Morgan fingerprint density at radius 2 is 1.08 bits per heavy atom. The van der Waals surface area contributed by atoms with Crippen LogP contribution in [0.15, 0.2) is 206 Å². The Kier molecular flexibility index (Phi) is 7.49. The van der Waals surface area contributed by atoms with Crippen molar-refractivity contribution in [2.75, 3.05) is 4.90 Å². The van der Waals surface area contributed by atoms with E-state index in [1.165, 1.54) is 44.7 Å². The molecule has 0 saturated heterocycles. The molecule has 0 spiro atoms. The van der Waals surface area contributed by atoms with Crippen molar-refractivity contribution < 1.29 is 0 Å². The molecular weight excluding hydrogens is 603 g/mol. The van der Waals surface area contributed by atoms with E-state index in [0.29, 0.717) is 0 Å². The highest BCUT2D eigenvalue weighted by molar-refractivity contribution is 5.89. The Bertz CT molecular complexity index is 2330. The standard InChI is InChI=1S/C49H35N/c1-5-17-36(18-6-1)33-34-49(38-19-7-2-8-20-38)46-28-16-15-26-43(46)44-30-29-37(35-47(44)49)41-31-32-48(45-27-14-13-25-42(41)45)50(39-21-9-3-10-22-39)40-23-11-4-12-24-40/h1-32,35,42,45H. The molecule has 0 bridgehead atoms. The van der Waals surface area contributed by atoms with Crippen LogP contribution in [0.2, 0.25) is 0 Å². The SMILES string of the molecule is C(#CC1(c2ccccc2)c2ccccc2-c2ccc(C3=CC=C(N(c4ccccc4)c4ccccc4)C4C=CC=CC34)cc21)c1ccccc1. The maximum Gasteiger partial charge on any atom is 0.108 e.